The third-order valence-corrected chi connectivity index (χ3v) is 6.16. The summed E-state index contributed by atoms with van der Waals surface area (Å²) in [5.74, 6) is -3.41. The van der Waals surface area contributed by atoms with Gasteiger partial charge in [-0.15, -0.1) is 0 Å². The van der Waals surface area contributed by atoms with Gasteiger partial charge < -0.3 is 25.0 Å². The lowest BCUT2D eigenvalue weighted by Gasteiger charge is -2.27. The molecule has 3 aliphatic heterocycles. The van der Waals surface area contributed by atoms with Crippen molar-refractivity contribution in [2.75, 3.05) is 62.3 Å². The summed E-state index contributed by atoms with van der Waals surface area (Å²) in [5, 5.41) is 5.93. The van der Waals surface area contributed by atoms with E-state index in [2.05, 4.69) is 5.32 Å². The lowest BCUT2D eigenvalue weighted by Crippen LogP contribution is -2.47. The summed E-state index contributed by atoms with van der Waals surface area (Å²) >= 11 is 0. The van der Waals surface area contributed by atoms with Crippen molar-refractivity contribution in [2.45, 2.75) is 31.4 Å². The Bertz CT molecular complexity index is 989. The molecule has 11 nitrogen and oxygen atoms in total. The molecule has 1 aromatic carbocycles. The number of nitrogens with one attached hydrogen (secondary N) is 2. The van der Waals surface area contributed by atoms with Gasteiger partial charge in [0.05, 0.1) is 31.9 Å². The first-order valence-corrected chi connectivity index (χ1v) is 11.8. The molecule has 0 radical (unpaired) electrons. The van der Waals surface area contributed by atoms with Crippen molar-refractivity contribution in [1.29, 1.82) is 0 Å². The van der Waals surface area contributed by atoms with Crippen LogP contribution in [0.25, 0.3) is 0 Å². The zero-order valence-corrected chi connectivity index (χ0v) is 19.8. The number of halogens is 4. The van der Waals surface area contributed by atoms with E-state index in [9.17, 15) is 23.2 Å². The third-order valence-electron chi connectivity index (χ3n) is 6.16. The second kappa shape index (κ2) is 11.8. The second-order valence-electron chi connectivity index (χ2n) is 8.68. The molecule has 4 rings (SSSR count). The third kappa shape index (κ3) is 6.52. The summed E-state index contributed by atoms with van der Waals surface area (Å²) in [6, 6.07) is 1.45. The van der Waals surface area contributed by atoms with Crippen molar-refractivity contribution < 1.29 is 46.3 Å². The largest absolute Gasteiger partial charge is 0.442 e. The van der Waals surface area contributed by atoms with Gasteiger partial charge in [-0.25, -0.2) is 23.4 Å². The van der Waals surface area contributed by atoms with E-state index in [4.69, 9.17) is 14.3 Å². The summed E-state index contributed by atoms with van der Waals surface area (Å²) in [6.45, 7) is 0.791. The van der Waals surface area contributed by atoms with Gasteiger partial charge in [-0.3, -0.25) is 14.5 Å². The van der Waals surface area contributed by atoms with Crippen LogP contribution < -0.4 is 20.4 Å². The fourth-order valence-corrected chi connectivity index (χ4v) is 4.26. The second-order valence-corrected chi connectivity index (χ2v) is 8.68. The molecular formula is C22H27F4N5O6. The Hall–Kier alpha value is -3.33. The molecule has 1 aromatic rings. The van der Waals surface area contributed by atoms with E-state index < -0.39 is 42.2 Å². The molecule has 0 bridgehead atoms. The van der Waals surface area contributed by atoms with Gasteiger partial charge >= 0.3 is 18.5 Å². The number of alkyl halides is 2. The first-order valence-electron chi connectivity index (χ1n) is 11.8. The van der Waals surface area contributed by atoms with Gasteiger partial charge in [-0.05, 0) is 12.8 Å². The highest BCUT2D eigenvalue weighted by molar-refractivity contribution is 5.90. The highest BCUT2D eigenvalue weighted by Crippen LogP contribution is 2.31. The Morgan fingerprint density at radius 3 is 2.43 bits per heavy atom. The minimum Gasteiger partial charge on any atom is -0.442 e. The Kier molecular flexibility index (Phi) is 8.53. The molecule has 3 fully saturated rings. The van der Waals surface area contributed by atoms with Gasteiger partial charge in [0.1, 0.15) is 11.8 Å². The standard InChI is InChI=1S/C22H27F4N5O6/c23-16-9-14(30-12-15(37-22(30)34)11-27-20(32)19(25)26)10-17(24)18(16)29-3-4-31(36-8-5-29)21(33)28-13-1-6-35-7-2-13/h9-10,13,15,19H,1-8,11-12H2,(H,27,32)(H,28,33). The number of amides is 4. The summed E-state index contributed by atoms with van der Waals surface area (Å²) in [5.41, 5.74) is -0.470. The highest BCUT2D eigenvalue weighted by Gasteiger charge is 2.35. The number of hydrogen-bond donors (Lipinski definition) is 2. The zero-order valence-electron chi connectivity index (χ0n) is 19.8. The van der Waals surface area contributed by atoms with Gasteiger partial charge in [-0.2, -0.15) is 8.78 Å². The molecule has 3 aliphatic rings. The topological polar surface area (TPSA) is 113 Å². The normalized spacial score (nSPS) is 21.2. The molecule has 1 atom stereocenters. The van der Waals surface area contributed by atoms with Crippen LogP contribution in [-0.2, 0) is 19.1 Å². The Labute approximate surface area is 209 Å². The van der Waals surface area contributed by atoms with E-state index in [1.165, 1.54) is 4.90 Å². The van der Waals surface area contributed by atoms with Crippen molar-refractivity contribution in [3.63, 3.8) is 0 Å². The van der Waals surface area contributed by atoms with E-state index in [1.807, 2.05) is 5.32 Å². The van der Waals surface area contributed by atoms with Crippen LogP contribution in [0.4, 0.5) is 38.5 Å². The van der Waals surface area contributed by atoms with Gasteiger partial charge in [0.2, 0.25) is 0 Å². The average Bonchev–Trinajstić information content (AvgIpc) is 3.07. The van der Waals surface area contributed by atoms with Crippen LogP contribution in [0.3, 0.4) is 0 Å². The summed E-state index contributed by atoms with van der Waals surface area (Å²) in [6.07, 6.45) is -3.75. The molecule has 37 heavy (non-hydrogen) atoms. The Morgan fingerprint density at radius 1 is 1.05 bits per heavy atom. The molecule has 0 aliphatic carbocycles. The van der Waals surface area contributed by atoms with Crippen molar-refractivity contribution in [2.24, 2.45) is 0 Å². The number of carbonyl (C=O) groups is 3. The SMILES string of the molecule is O=C(NCC1CN(c2cc(F)c(N3CCON(C(=O)NC4CCOCC4)CC3)c(F)c2)C(=O)O1)C(F)F. The minimum absolute atomic E-state index is 0.00625. The summed E-state index contributed by atoms with van der Waals surface area (Å²) in [4.78, 5) is 43.6. The number of hydroxylamine groups is 2. The van der Waals surface area contributed by atoms with Gasteiger partial charge in [0.25, 0.3) is 5.91 Å². The number of rotatable bonds is 6. The van der Waals surface area contributed by atoms with Gasteiger partial charge in [0, 0.05) is 44.5 Å². The number of carbonyl (C=O) groups excluding carboxylic acids is 3. The summed E-state index contributed by atoms with van der Waals surface area (Å²) < 4.78 is 65.1. The van der Waals surface area contributed by atoms with E-state index >= 15 is 8.78 Å². The number of ether oxygens (including phenoxy) is 2. The van der Waals surface area contributed by atoms with Crippen LogP contribution in [0.1, 0.15) is 12.8 Å². The predicted molar refractivity (Wildman–Crippen MR) is 120 cm³/mol. The van der Waals surface area contributed by atoms with Crippen LogP contribution >= 0.6 is 0 Å². The molecule has 0 aromatic heterocycles. The van der Waals surface area contributed by atoms with Crippen LogP contribution in [-0.4, -0.2) is 94.2 Å². The maximum atomic E-state index is 15.1. The van der Waals surface area contributed by atoms with Gasteiger partial charge in [0.15, 0.2) is 11.6 Å². The molecular weight excluding hydrogens is 506 g/mol. The quantitative estimate of drug-likeness (QED) is 0.535. The molecule has 4 amide bonds. The average molecular weight is 533 g/mol. The number of urea groups is 1. The van der Waals surface area contributed by atoms with Crippen molar-refractivity contribution >= 4 is 29.4 Å². The fraction of sp³-hybridized carbons (Fsp3) is 0.591. The van der Waals surface area contributed by atoms with Crippen molar-refractivity contribution in [1.82, 2.24) is 15.7 Å². The first kappa shape index (κ1) is 26.7. The minimum atomic E-state index is -3.22. The smallest absolute Gasteiger partial charge is 0.414 e. The number of nitrogens with zero attached hydrogens (tertiary/aromatic N) is 3. The van der Waals surface area contributed by atoms with E-state index in [1.54, 1.807) is 0 Å². The monoisotopic (exact) mass is 533 g/mol. The number of anilines is 2. The van der Waals surface area contributed by atoms with Crippen LogP contribution in [0.2, 0.25) is 0 Å². The Balaban J connectivity index is 1.37. The fourth-order valence-electron chi connectivity index (χ4n) is 4.26. The van der Waals surface area contributed by atoms with Crippen LogP contribution in [0.5, 0.6) is 0 Å². The molecule has 2 N–H and O–H groups in total. The molecule has 0 saturated carbocycles. The van der Waals surface area contributed by atoms with E-state index in [0.717, 1.165) is 22.1 Å². The van der Waals surface area contributed by atoms with Crippen molar-refractivity contribution in [3.05, 3.63) is 23.8 Å². The maximum Gasteiger partial charge on any atom is 0.414 e. The van der Waals surface area contributed by atoms with Crippen LogP contribution in [0, 0.1) is 11.6 Å². The molecule has 0 spiro atoms. The first-order chi connectivity index (χ1) is 17.7. The molecule has 1 unspecified atom stereocenters. The molecule has 15 heteroatoms. The number of hydrogen-bond acceptors (Lipinski definition) is 7. The maximum absolute atomic E-state index is 15.1. The molecule has 204 valence electrons. The lowest BCUT2D eigenvalue weighted by atomic mass is 10.1. The van der Waals surface area contributed by atoms with E-state index in [-0.39, 0.29) is 56.7 Å². The number of cyclic esters (lactones) is 1. The number of benzene rings is 1. The van der Waals surface area contributed by atoms with Crippen LogP contribution in [0.15, 0.2) is 12.1 Å². The lowest BCUT2D eigenvalue weighted by molar-refractivity contribution is -0.132. The Morgan fingerprint density at radius 2 is 1.76 bits per heavy atom. The van der Waals surface area contributed by atoms with Crippen molar-refractivity contribution in [3.8, 4) is 0 Å². The highest BCUT2D eigenvalue weighted by atomic mass is 19.3. The predicted octanol–water partition coefficient (Wildman–Crippen LogP) is 1.61. The zero-order chi connectivity index (χ0) is 26.5. The van der Waals surface area contributed by atoms with E-state index in [0.29, 0.717) is 26.1 Å². The molecule has 3 heterocycles. The summed E-state index contributed by atoms with van der Waals surface area (Å²) in [7, 11) is 0. The van der Waals surface area contributed by atoms with Gasteiger partial charge in [-0.1, -0.05) is 0 Å². The molecule has 3 saturated heterocycles.